The van der Waals surface area contributed by atoms with E-state index in [0.29, 0.717) is 38.0 Å². The molecule has 1 unspecified atom stereocenters. The lowest BCUT2D eigenvalue weighted by atomic mass is 10.2. The number of carbonyl (C=O) groups excluding carboxylic acids is 2. The van der Waals surface area contributed by atoms with Crippen LogP contribution in [0.2, 0.25) is 0 Å². The van der Waals surface area contributed by atoms with E-state index >= 15 is 0 Å². The van der Waals surface area contributed by atoms with E-state index in [-0.39, 0.29) is 16.7 Å². The Hall–Kier alpha value is -2.23. The standard InChI is InChI=1S/C21H22BrN3O4S/c22-15-8-10-18(11-9-15)30(28,29)25-13-2-6-19(25)21(27)23-16-4-1-5-17(14-16)24-12-3-7-20(24)26/h1,4-5,8-11,14,19H,2-3,6-7,12-13H2,(H,23,27). The van der Waals surface area contributed by atoms with Crippen LogP contribution < -0.4 is 10.2 Å². The number of sulfonamides is 1. The van der Waals surface area contributed by atoms with E-state index in [9.17, 15) is 18.0 Å². The predicted molar refractivity (Wildman–Crippen MR) is 118 cm³/mol. The lowest BCUT2D eigenvalue weighted by molar-refractivity contribution is -0.119. The van der Waals surface area contributed by atoms with Gasteiger partial charge in [0.05, 0.1) is 4.90 Å². The Kier molecular flexibility index (Phi) is 5.95. The van der Waals surface area contributed by atoms with Crippen LogP contribution >= 0.6 is 15.9 Å². The molecule has 2 aromatic carbocycles. The third kappa shape index (κ3) is 4.14. The van der Waals surface area contributed by atoms with Crippen molar-refractivity contribution in [3.05, 3.63) is 53.0 Å². The number of nitrogens with zero attached hydrogens (tertiary/aromatic N) is 2. The Bertz CT molecular complexity index is 1070. The molecule has 2 heterocycles. The Balaban J connectivity index is 1.52. The molecular weight excluding hydrogens is 470 g/mol. The van der Waals surface area contributed by atoms with Gasteiger partial charge in [0.2, 0.25) is 21.8 Å². The second-order valence-electron chi connectivity index (χ2n) is 7.42. The van der Waals surface area contributed by atoms with Gasteiger partial charge in [-0.05, 0) is 61.7 Å². The SMILES string of the molecule is O=C(Nc1cccc(N2CCCC2=O)c1)C1CCCN1S(=O)(=O)c1ccc(Br)cc1. The van der Waals surface area contributed by atoms with Gasteiger partial charge in [0.25, 0.3) is 0 Å². The minimum atomic E-state index is -3.77. The summed E-state index contributed by atoms with van der Waals surface area (Å²) in [4.78, 5) is 26.8. The molecule has 2 aromatic rings. The quantitative estimate of drug-likeness (QED) is 0.694. The first kappa shape index (κ1) is 21.0. The fraction of sp³-hybridized carbons (Fsp3) is 0.333. The zero-order valence-corrected chi connectivity index (χ0v) is 18.7. The van der Waals surface area contributed by atoms with Crippen LogP contribution in [0.1, 0.15) is 25.7 Å². The highest BCUT2D eigenvalue weighted by atomic mass is 79.9. The van der Waals surface area contributed by atoms with Gasteiger partial charge in [0.1, 0.15) is 6.04 Å². The summed E-state index contributed by atoms with van der Waals surface area (Å²) in [5.41, 5.74) is 1.28. The molecule has 30 heavy (non-hydrogen) atoms. The maximum atomic E-state index is 13.1. The number of hydrogen-bond acceptors (Lipinski definition) is 4. The average molecular weight is 492 g/mol. The minimum Gasteiger partial charge on any atom is -0.325 e. The van der Waals surface area contributed by atoms with Crippen LogP contribution in [-0.4, -0.2) is 43.7 Å². The first-order chi connectivity index (χ1) is 14.4. The summed E-state index contributed by atoms with van der Waals surface area (Å²) < 4.78 is 28.2. The maximum Gasteiger partial charge on any atom is 0.243 e. The fourth-order valence-corrected chi connectivity index (χ4v) is 5.85. The minimum absolute atomic E-state index is 0.0704. The van der Waals surface area contributed by atoms with Crippen molar-refractivity contribution in [2.75, 3.05) is 23.3 Å². The predicted octanol–water partition coefficient (Wildman–Crippen LogP) is 3.37. The Morgan fingerprint density at radius 2 is 1.83 bits per heavy atom. The van der Waals surface area contributed by atoms with Gasteiger partial charge in [-0.1, -0.05) is 22.0 Å². The molecule has 2 aliphatic rings. The van der Waals surface area contributed by atoms with Crippen LogP contribution in [0.15, 0.2) is 57.9 Å². The molecule has 0 radical (unpaired) electrons. The smallest absolute Gasteiger partial charge is 0.243 e. The number of amides is 2. The highest BCUT2D eigenvalue weighted by Crippen LogP contribution is 2.29. The first-order valence-electron chi connectivity index (χ1n) is 9.85. The van der Waals surface area contributed by atoms with E-state index in [1.165, 1.54) is 16.4 Å². The molecule has 2 saturated heterocycles. The zero-order valence-electron chi connectivity index (χ0n) is 16.3. The van der Waals surface area contributed by atoms with E-state index in [0.717, 1.165) is 16.6 Å². The Labute approximate surface area is 184 Å². The van der Waals surface area contributed by atoms with Crippen LogP contribution in [0.4, 0.5) is 11.4 Å². The molecule has 7 nitrogen and oxygen atoms in total. The van der Waals surface area contributed by atoms with Crippen molar-refractivity contribution in [1.29, 1.82) is 0 Å². The molecule has 9 heteroatoms. The summed E-state index contributed by atoms with van der Waals surface area (Å²) in [7, 11) is -3.77. The van der Waals surface area contributed by atoms with Crippen molar-refractivity contribution in [2.24, 2.45) is 0 Å². The molecular formula is C21H22BrN3O4S. The van der Waals surface area contributed by atoms with Gasteiger partial charge in [-0.25, -0.2) is 8.42 Å². The zero-order chi connectivity index (χ0) is 21.3. The molecule has 0 aliphatic carbocycles. The summed E-state index contributed by atoms with van der Waals surface area (Å²) in [5, 5.41) is 2.83. The Morgan fingerprint density at radius 1 is 1.07 bits per heavy atom. The number of rotatable bonds is 5. The van der Waals surface area contributed by atoms with Crippen LogP contribution in [0.25, 0.3) is 0 Å². The summed E-state index contributed by atoms with van der Waals surface area (Å²) in [6.45, 7) is 0.969. The number of halogens is 1. The molecule has 0 aromatic heterocycles. The van der Waals surface area contributed by atoms with Gasteiger partial charge in [0, 0.05) is 35.4 Å². The molecule has 2 amide bonds. The lowest BCUT2D eigenvalue weighted by Gasteiger charge is -2.24. The van der Waals surface area contributed by atoms with E-state index in [1.807, 2.05) is 6.07 Å². The molecule has 0 spiro atoms. The second kappa shape index (κ2) is 8.49. The van der Waals surface area contributed by atoms with Crippen molar-refractivity contribution >= 4 is 49.1 Å². The van der Waals surface area contributed by atoms with Crippen LogP contribution in [0, 0.1) is 0 Å². The second-order valence-corrected chi connectivity index (χ2v) is 10.2. The van der Waals surface area contributed by atoms with Crippen molar-refractivity contribution in [1.82, 2.24) is 4.31 Å². The maximum absolute atomic E-state index is 13.1. The first-order valence-corrected chi connectivity index (χ1v) is 12.1. The monoisotopic (exact) mass is 491 g/mol. The van der Waals surface area contributed by atoms with Crippen molar-refractivity contribution < 1.29 is 18.0 Å². The van der Waals surface area contributed by atoms with Crippen molar-refractivity contribution in [2.45, 2.75) is 36.6 Å². The summed E-state index contributed by atoms with van der Waals surface area (Å²) in [5.74, 6) is -0.292. The fourth-order valence-electron chi connectivity index (χ4n) is 3.93. The normalized spacial score (nSPS) is 20.0. The summed E-state index contributed by atoms with van der Waals surface area (Å²) in [6.07, 6.45) is 2.43. The van der Waals surface area contributed by atoms with E-state index in [4.69, 9.17) is 0 Å². The van der Waals surface area contributed by atoms with E-state index < -0.39 is 16.1 Å². The third-order valence-corrected chi connectivity index (χ3v) is 7.88. The highest BCUT2D eigenvalue weighted by molar-refractivity contribution is 9.10. The molecule has 1 N–H and O–H groups in total. The van der Waals surface area contributed by atoms with Gasteiger partial charge in [0.15, 0.2) is 0 Å². The number of nitrogens with one attached hydrogen (secondary N) is 1. The van der Waals surface area contributed by atoms with Crippen LogP contribution in [-0.2, 0) is 19.6 Å². The number of carbonyl (C=O) groups is 2. The molecule has 158 valence electrons. The van der Waals surface area contributed by atoms with E-state index in [2.05, 4.69) is 21.2 Å². The highest BCUT2D eigenvalue weighted by Gasteiger charge is 2.39. The summed E-state index contributed by atoms with van der Waals surface area (Å²) >= 11 is 3.30. The molecule has 2 aliphatic heterocycles. The molecule has 0 bridgehead atoms. The summed E-state index contributed by atoms with van der Waals surface area (Å²) in [6, 6.07) is 12.7. The topological polar surface area (TPSA) is 86.8 Å². The van der Waals surface area contributed by atoms with Gasteiger partial charge < -0.3 is 10.2 Å². The molecule has 2 fully saturated rings. The third-order valence-electron chi connectivity index (χ3n) is 5.43. The molecule has 0 saturated carbocycles. The van der Waals surface area contributed by atoms with Crippen molar-refractivity contribution in [3.8, 4) is 0 Å². The lowest BCUT2D eigenvalue weighted by Crippen LogP contribution is -2.43. The van der Waals surface area contributed by atoms with Crippen LogP contribution in [0.3, 0.4) is 0 Å². The molecule has 1 atom stereocenters. The van der Waals surface area contributed by atoms with Crippen LogP contribution in [0.5, 0.6) is 0 Å². The van der Waals surface area contributed by atoms with Gasteiger partial charge in [-0.3, -0.25) is 9.59 Å². The van der Waals surface area contributed by atoms with Gasteiger partial charge in [-0.2, -0.15) is 4.31 Å². The Morgan fingerprint density at radius 3 is 2.53 bits per heavy atom. The average Bonchev–Trinajstić information content (AvgIpc) is 3.38. The van der Waals surface area contributed by atoms with Crippen molar-refractivity contribution in [3.63, 3.8) is 0 Å². The van der Waals surface area contributed by atoms with Gasteiger partial charge in [-0.15, -0.1) is 0 Å². The number of anilines is 2. The van der Waals surface area contributed by atoms with Gasteiger partial charge >= 0.3 is 0 Å². The number of benzene rings is 2. The van der Waals surface area contributed by atoms with E-state index in [1.54, 1.807) is 35.2 Å². The molecule has 4 rings (SSSR count). The number of hydrogen-bond donors (Lipinski definition) is 1. The largest absolute Gasteiger partial charge is 0.325 e.